The molecule has 0 aliphatic heterocycles. The Morgan fingerprint density at radius 1 is 1.47 bits per heavy atom. The molecule has 0 radical (unpaired) electrons. The minimum atomic E-state index is -0.396. The van der Waals surface area contributed by atoms with Gasteiger partial charge in [-0.1, -0.05) is 18.3 Å². The van der Waals surface area contributed by atoms with E-state index in [9.17, 15) is 14.9 Å². The molecule has 1 rings (SSSR count). The molecule has 0 unspecified atom stereocenters. The molecule has 1 aromatic rings. The van der Waals surface area contributed by atoms with Crippen LogP contribution >= 0.6 is 23.7 Å². The number of nitrogens with zero attached hydrogens (tertiary/aromatic N) is 1. The van der Waals surface area contributed by atoms with Crippen molar-refractivity contribution < 1.29 is 9.72 Å². The van der Waals surface area contributed by atoms with Crippen molar-refractivity contribution in [3.05, 3.63) is 27.1 Å². The van der Waals surface area contributed by atoms with Gasteiger partial charge < -0.3 is 10.6 Å². The first-order valence-corrected chi connectivity index (χ1v) is 6.70. The van der Waals surface area contributed by atoms with Gasteiger partial charge in [0.25, 0.3) is 0 Å². The van der Waals surface area contributed by atoms with E-state index in [2.05, 4.69) is 10.6 Å². The van der Waals surface area contributed by atoms with Crippen LogP contribution in [-0.4, -0.2) is 23.9 Å². The molecule has 1 heterocycles. The predicted molar refractivity (Wildman–Crippen MR) is 77.8 cm³/mol. The van der Waals surface area contributed by atoms with E-state index in [0.29, 0.717) is 26.1 Å². The summed E-state index contributed by atoms with van der Waals surface area (Å²) in [6.45, 7) is 3.82. The number of thiophene rings is 1. The van der Waals surface area contributed by atoms with E-state index in [1.165, 1.54) is 0 Å². The van der Waals surface area contributed by atoms with E-state index >= 15 is 0 Å². The second kappa shape index (κ2) is 9.71. The molecule has 108 valence electrons. The zero-order chi connectivity index (χ0) is 13.4. The van der Waals surface area contributed by atoms with Crippen LogP contribution in [0.2, 0.25) is 0 Å². The lowest BCUT2D eigenvalue weighted by Gasteiger charge is -2.04. The zero-order valence-electron chi connectivity index (χ0n) is 10.7. The maximum Gasteiger partial charge on any atom is 0.324 e. The lowest BCUT2D eigenvalue weighted by atomic mass is 10.3. The molecule has 0 aliphatic rings. The molecule has 1 amide bonds. The molecule has 2 N–H and O–H groups in total. The average molecular weight is 308 g/mol. The van der Waals surface area contributed by atoms with Crippen molar-refractivity contribution in [2.75, 3.05) is 13.1 Å². The van der Waals surface area contributed by atoms with E-state index < -0.39 is 4.92 Å². The fourth-order valence-corrected chi connectivity index (χ4v) is 2.07. The van der Waals surface area contributed by atoms with Gasteiger partial charge in [-0.2, -0.15) is 0 Å². The molecule has 19 heavy (non-hydrogen) atoms. The summed E-state index contributed by atoms with van der Waals surface area (Å²) in [7, 11) is 0. The van der Waals surface area contributed by atoms with Crippen LogP contribution in [0, 0.1) is 10.1 Å². The molecular formula is C11H18ClN3O3S. The van der Waals surface area contributed by atoms with Gasteiger partial charge in [-0.05, 0) is 12.0 Å². The maximum atomic E-state index is 11.3. The summed E-state index contributed by atoms with van der Waals surface area (Å²) in [5.41, 5.74) is 0.876. The Morgan fingerprint density at radius 3 is 2.79 bits per heavy atom. The molecule has 0 atom stereocenters. The summed E-state index contributed by atoms with van der Waals surface area (Å²) >= 11 is 1.11. The van der Waals surface area contributed by atoms with Crippen LogP contribution in [-0.2, 0) is 11.3 Å². The largest absolute Gasteiger partial charge is 0.356 e. The van der Waals surface area contributed by atoms with Crippen LogP contribution in [0.25, 0.3) is 0 Å². The summed E-state index contributed by atoms with van der Waals surface area (Å²) in [6, 6.07) is 1.55. The summed E-state index contributed by atoms with van der Waals surface area (Å²) in [4.78, 5) is 21.3. The number of nitro groups is 1. The monoisotopic (exact) mass is 307 g/mol. The zero-order valence-corrected chi connectivity index (χ0v) is 12.3. The number of amides is 1. The number of hydrogen-bond acceptors (Lipinski definition) is 5. The van der Waals surface area contributed by atoms with Crippen LogP contribution in [0.3, 0.4) is 0 Å². The molecule has 0 bridgehead atoms. The van der Waals surface area contributed by atoms with Gasteiger partial charge in [0.1, 0.15) is 0 Å². The fraction of sp³-hybridized carbons (Fsp3) is 0.545. The van der Waals surface area contributed by atoms with Gasteiger partial charge >= 0.3 is 5.00 Å². The topological polar surface area (TPSA) is 84.3 Å². The van der Waals surface area contributed by atoms with Gasteiger partial charge in [0.05, 0.1) is 4.92 Å². The first-order valence-electron chi connectivity index (χ1n) is 5.82. The fourth-order valence-electron chi connectivity index (χ4n) is 1.34. The van der Waals surface area contributed by atoms with Crippen molar-refractivity contribution in [2.45, 2.75) is 26.3 Å². The molecule has 0 saturated heterocycles. The number of hydrogen-bond donors (Lipinski definition) is 2. The summed E-state index contributed by atoms with van der Waals surface area (Å²) < 4.78 is 0. The van der Waals surface area contributed by atoms with Crippen molar-refractivity contribution in [2.24, 2.45) is 0 Å². The smallest absolute Gasteiger partial charge is 0.324 e. The Kier molecular flexibility index (Phi) is 9.11. The third-order valence-corrected chi connectivity index (χ3v) is 3.18. The van der Waals surface area contributed by atoms with E-state index in [4.69, 9.17) is 0 Å². The molecule has 1 aromatic heterocycles. The third kappa shape index (κ3) is 7.09. The van der Waals surface area contributed by atoms with Crippen molar-refractivity contribution in [3.8, 4) is 0 Å². The van der Waals surface area contributed by atoms with Gasteiger partial charge in [-0.25, -0.2) is 0 Å². The molecule has 0 fully saturated rings. The van der Waals surface area contributed by atoms with Gasteiger partial charge in [-0.3, -0.25) is 14.9 Å². The van der Waals surface area contributed by atoms with Crippen molar-refractivity contribution in [3.63, 3.8) is 0 Å². The van der Waals surface area contributed by atoms with E-state index in [1.54, 1.807) is 11.4 Å². The maximum absolute atomic E-state index is 11.3. The normalized spacial score (nSPS) is 9.74. The third-order valence-electron chi connectivity index (χ3n) is 2.25. The first kappa shape index (κ1) is 17.8. The first-order chi connectivity index (χ1) is 8.63. The lowest BCUT2D eigenvalue weighted by molar-refractivity contribution is -0.380. The molecule has 0 spiro atoms. The van der Waals surface area contributed by atoms with Crippen molar-refractivity contribution in [1.29, 1.82) is 0 Å². The molecule has 0 aliphatic carbocycles. The highest BCUT2D eigenvalue weighted by atomic mass is 35.5. The SMILES string of the molecule is CCCNC(=O)CCNCc1csc([N+](=O)[O-])c1.Cl. The van der Waals surface area contributed by atoms with Crippen LogP contribution in [0.5, 0.6) is 0 Å². The highest BCUT2D eigenvalue weighted by Crippen LogP contribution is 2.22. The van der Waals surface area contributed by atoms with Crippen LogP contribution in [0.15, 0.2) is 11.4 Å². The summed E-state index contributed by atoms with van der Waals surface area (Å²) in [6.07, 6.45) is 1.35. The average Bonchev–Trinajstić information content (AvgIpc) is 2.81. The van der Waals surface area contributed by atoms with Crippen LogP contribution < -0.4 is 10.6 Å². The molecule has 0 saturated carbocycles. The minimum Gasteiger partial charge on any atom is -0.356 e. The Balaban J connectivity index is 0.00000324. The quantitative estimate of drug-likeness (QED) is 0.437. The van der Waals surface area contributed by atoms with E-state index in [1.807, 2.05) is 6.92 Å². The molecule has 8 heteroatoms. The van der Waals surface area contributed by atoms with Gasteiger partial charge in [0.2, 0.25) is 5.91 Å². The van der Waals surface area contributed by atoms with Crippen LogP contribution in [0.4, 0.5) is 5.00 Å². The molecule has 0 aromatic carbocycles. The summed E-state index contributed by atoms with van der Waals surface area (Å²) in [5.74, 6) is 0.0284. The Morgan fingerprint density at radius 2 is 2.21 bits per heavy atom. The Labute approximate surface area is 122 Å². The second-order valence-electron chi connectivity index (χ2n) is 3.83. The van der Waals surface area contributed by atoms with Crippen molar-refractivity contribution in [1.82, 2.24) is 10.6 Å². The number of carbonyl (C=O) groups excluding carboxylic acids is 1. The Bertz CT molecular complexity index is 412. The van der Waals surface area contributed by atoms with Gasteiger partial charge in [0.15, 0.2) is 0 Å². The number of carbonyl (C=O) groups is 1. The van der Waals surface area contributed by atoms with Gasteiger partial charge in [0, 0.05) is 37.5 Å². The number of rotatable bonds is 8. The molecular weight excluding hydrogens is 290 g/mol. The number of nitrogens with one attached hydrogen (secondary N) is 2. The molecule has 6 nitrogen and oxygen atoms in total. The van der Waals surface area contributed by atoms with Crippen molar-refractivity contribution >= 4 is 34.7 Å². The standard InChI is InChI=1S/C11H17N3O3S.ClH/c1-2-4-13-10(15)3-5-12-7-9-6-11(14(16)17)18-8-9;/h6,8,12H,2-5,7H2,1H3,(H,13,15);1H. The second-order valence-corrected chi connectivity index (χ2v) is 4.72. The predicted octanol–water partition coefficient (Wildman–Crippen LogP) is 2.08. The minimum absolute atomic E-state index is 0. The highest BCUT2D eigenvalue weighted by molar-refractivity contribution is 7.13. The van der Waals surface area contributed by atoms with Gasteiger partial charge in [-0.15, -0.1) is 12.4 Å². The summed E-state index contributed by atoms with van der Waals surface area (Å²) in [5, 5.41) is 18.2. The lowest BCUT2D eigenvalue weighted by Crippen LogP contribution is -2.27. The number of halogens is 1. The Hall–Kier alpha value is -1.18. The van der Waals surface area contributed by atoms with E-state index in [-0.39, 0.29) is 23.3 Å². The van der Waals surface area contributed by atoms with Crippen LogP contribution in [0.1, 0.15) is 25.3 Å². The highest BCUT2D eigenvalue weighted by Gasteiger charge is 2.09. The van der Waals surface area contributed by atoms with E-state index in [0.717, 1.165) is 23.3 Å².